The number of hydrogen-bond donors (Lipinski definition) is 1. The van der Waals surface area contributed by atoms with E-state index in [9.17, 15) is 0 Å². The molecule has 0 amide bonds. The van der Waals surface area contributed by atoms with Gasteiger partial charge in [0.05, 0.1) is 11.9 Å². The van der Waals surface area contributed by atoms with Crippen LogP contribution in [0.3, 0.4) is 0 Å². The van der Waals surface area contributed by atoms with Gasteiger partial charge in [-0.2, -0.15) is 10.2 Å². The van der Waals surface area contributed by atoms with Crippen molar-refractivity contribution in [3.8, 4) is 0 Å². The maximum atomic E-state index is 5.44. The summed E-state index contributed by atoms with van der Waals surface area (Å²) < 4.78 is 6.70. The molecule has 0 unspecified atom stereocenters. The van der Waals surface area contributed by atoms with E-state index in [1.807, 2.05) is 35.7 Å². The Bertz CT molecular complexity index is 803. The summed E-state index contributed by atoms with van der Waals surface area (Å²) in [6.45, 7) is 5.76. The van der Waals surface area contributed by atoms with Crippen LogP contribution in [0.4, 0.5) is 0 Å². The number of nitrogens with one attached hydrogen (secondary N) is 1. The minimum atomic E-state index is 0.756. The topological polar surface area (TPSA) is 56.4 Å². The molecule has 0 fully saturated rings. The first kappa shape index (κ1) is 13.1. The maximum absolute atomic E-state index is 5.44. The second-order valence-corrected chi connectivity index (χ2v) is 5.34. The smallest absolute Gasteiger partial charge is 0.179 e. The van der Waals surface area contributed by atoms with Gasteiger partial charge in [0.25, 0.3) is 0 Å². The van der Waals surface area contributed by atoms with Gasteiger partial charge in [-0.3, -0.25) is 4.68 Å². The highest BCUT2D eigenvalue weighted by atomic mass is 32.1. The van der Waals surface area contributed by atoms with Crippen molar-refractivity contribution in [3.05, 3.63) is 28.4 Å². The quantitative estimate of drug-likeness (QED) is 0.749. The van der Waals surface area contributed by atoms with Crippen LogP contribution in [0, 0.1) is 11.7 Å². The Hall–Kier alpha value is -1.89. The monoisotopic (exact) mass is 290 g/mol. The van der Waals surface area contributed by atoms with E-state index in [2.05, 4.69) is 26.7 Å². The maximum Gasteiger partial charge on any atom is 0.179 e. The lowest BCUT2D eigenvalue weighted by Crippen LogP contribution is -2.07. The molecule has 3 heterocycles. The SMILES string of the molecule is CCn1nc(C)c2[nH]c(=S)n(CCc3cnn(C)c3)c21. The molecule has 0 radical (unpaired) electrons. The molecule has 20 heavy (non-hydrogen) atoms. The average Bonchev–Trinajstić information content (AvgIpc) is 3.05. The van der Waals surface area contributed by atoms with Crippen molar-refractivity contribution in [2.45, 2.75) is 33.4 Å². The predicted octanol–water partition coefficient (Wildman–Crippen LogP) is 2.20. The van der Waals surface area contributed by atoms with Crippen LogP contribution in [-0.4, -0.2) is 29.1 Å². The molecule has 7 heteroatoms. The fourth-order valence-electron chi connectivity index (χ4n) is 2.53. The van der Waals surface area contributed by atoms with Crippen LogP contribution in [0.1, 0.15) is 18.2 Å². The van der Waals surface area contributed by atoms with Gasteiger partial charge in [-0.15, -0.1) is 0 Å². The lowest BCUT2D eigenvalue weighted by atomic mass is 10.2. The second-order valence-electron chi connectivity index (χ2n) is 4.95. The zero-order valence-electron chi connectivity index (χ0n) is 11.9. The van der Waals surface area contributed by atoms with E-state index in [0.29, 0.717) is 0 Å². The third-order valence-corrected chi connectivity index (χ3v) is 3.84. The van der Waals surface area contributed by atoms with E-state index < -0.39 is 0 Å². The normalized spacial score (nSPS) is 11.6. The van der Waals surface area contributed by atoms with Gasteiger partial charge in [0, 0.05) is 26.3 Å². The predicted molar refractivity (Wildman–Crippen MR) is 80.2 cm³/mol. The minimum absolute atomic E-state index is 0.756. The fraction of sp³-hybridized carbons (Fsp3) is 0.462. The number of rotatable bonds is 4. The summed E-state index contributed by atoms with van der Waals surface area (Å²) in [5.74, 6) is 0. The molecule has 0 spiro atoms. The van der Waals surface area contributed by atoms with Crippen LogP contribution in [-0.2, 0) is 26.6 Å². The van der Waals surface area contributed by atoms with Crippen molar-refractivity contribution in [2.75, 3.05) is 0 Å². The van der Waals surface area contributed by atoms with Crippen molar-refractivity contribution in [1.29, 1.82) is 0 Å². The molecule has 6 nitrogen and oxygen atoms in total. The van der Waals surface area contributed by atoms with Gasteiger partial charge in [0.2, 0.25) is 0 Å². The molecular weight excluding hydrogens is 272 g/mol. The number of imidazole rings is 1. The summed E-state index contributed by atoms with van der Waals surface area (Å²) in [5, 5.41) is 8.73. The van der Waals surface area contributed by atoms with Crippen LogP contribution in [0.5, 0.6) is 0 Å². The van der Waals surface area contributed by atoms with Crippen molar-refractivity contribution < 1.29 is 0 Å². The fourth-order valence-corrected chi connectivity index (χ4v) is 2.81. The Labute approximate surface area is 122 Å². The molecule has 0 saturated heterocycles. The molecule has 0 atom stereocenters. The second kappa shape index (κ2) is 4.90. The van der Waals surface area contributed by atoms with Gasteiger partial charge in [-0.1, -0.05) is 0 Å². The standard InChI is InChI=1S/C13H18N6S/c1-4-19-12-11(9(2)16-19)15-13(20)18(12)6-5-10-7-14-17(3)8-10/h7-8H,4-6H2,1-3H3,(H,15,20). The number of hydrogen-bond acceptors (Lipinski definition) is 3. The lowest BCUT2D eigenvalue weighted by Gasteiger charge is -2.05. The van der Waals surface area contributed by atoms with Gasteiger partial charge in [-0.05, 0) is 38.0 Å². The third kappa shape index (κ3) is 2.07. The van der Waals surface area contributed by atoms with Gasteiger partial charge >= 0.3 is 0 Å². The molecule has 3 rings (SSSR count). The molecule has 0 aliphatic carbocycles. The Kier molecular flexibility index (Phi) is 3.21. The van der Waals surface area contributed by atoms with Crippen molar-refractivity contribution >= 4 is 23.4 Å². The molecule has 0 bridgehead atoms. The summed E-state index contributed by atoms with van der Waals surface area (Å²) in [6.07, 6.45) is 4.84. The highest BCUT2D eigenvalue weighted by Crippen LogP contribution is 2.18. The Morgan fingerprint density at radius 3 is 2.85 bits per heavy atom. The first-order valence-corrected chi connectivity index (χ1v) is 7.14. The summed E-state index contributed by atoms with van der Waals surface area (Å²) >= 11 is 5.44. The van der Waals surface area contributed by atoms with Crippen molar-refractivity contribution in [3.63, 3.8) is 0 Å². The first-order chi connectivity index (χ1) is 9.60. The van der Waals surface area contributed by atoms with E-state index in [4.69, 9.17) is 12.2 Å². The first-order valence-electron chi connectivity index (χ1n) is 6.73. The van der Waals surface area contributed by atoms with Crippen molar-refractivity contribution in [2.24, 2.45) is 7.05 Å². The highest BCUT2D eigenvalue weighted by Gasteiger charge is 2.13. The number of aromatic nitrogens is 6. The summed E-state index contributed by atoms with van der Waals surface area (Å²) in [5.41, 5.74) is 4.33. The van der Waals surface area contributed by atoms with Gasteiger partial charge in [0.1, 0.15) is 5.52 Å². The number of H-pyrrole nitrogens is 1. The zero-order chi connectivity index (χ0) is 14.3. The molecule has 1 N–H and O–H groups in total. The molecule has 3 aromatic heterocycles. The van der Waals surface area contributed by atoms with Crippen LogP contribution in [0.15, 0.2) is 12.4 Å². The Morgan fingerprint density at radius 2 is 2.20 bits per heavy atom. The van der Waals surface area contributed by atoms with E-state index in [1.54, 1.807) is 0 Å². The number of aromatic amines is 1. The lowest BCUT2D eigenvalue weighted by molar-refractivity contribution is 0.623. The van der Waals surface area contributed by atoms with E-state index in [1.165, 1.54) is 5.56 Å². The van der Waals surface area contributed by atoms with Crippen LogP contribution in [0.25, 0.3) is 11.2 Å². The largest absolute Gasteiger partial charge is 0.328 e. The Balaban J connectivity index is 1.98. The van der Waals surface area contributed by atoms with Gasteiger partial charge in [0.15, 0.2) is 10.4 Å². The van der Waals surface area contributed by atoms with Gasteiger partial charge in [-0.25, -0.2) is 4.68 Å². The summed E-state index contributed by atoms with van der Waals surface area (Å²) in [7, 11) is 1.93. The van der Waals surface area contributed by atoms with E-state index >= 15 is 0 Å². The third-order valence-electron chi connectivity index (χ3n) is 3.52. The molecule has 106 valence electrons. The summed E-state index contributed by atoms with van der Waals surface area (Å²) in [4.78, 5) is 3.27. The van der Waals surface area contributed by atoms with Crippen LogP contribution >= 0.6 is 12.2 Å². The number of nitrogens with zero attached hydrogens (tertiary/aromatic N) is 5. The molecule has 3 aromatic rings. The molecule has 0 saturated carbocycles. The zero-order valence-corrected chi connectivity index (χ0v) is 12.7. The Morgan fingerprint density at radius 1 is 1.40 bits per heavy atom. The van der Waals surface area contributed by atoms with E-state index in [0.717, 1.165) is 41.1 Å². The van der Waals surface area contributed by atoms with E-state index in [-0.39, 0.29) is 0 Å². The summed E-state index contributed by atoms with van der Waals surface area (Å²) in [6, 6.07) is 0. The van der Waals surface area contributed by atoms with Gasteiger partial charge < -0.3 is 9.55 Å². The minimum Gasteiger partial charge on any atom is -0.328 e. The highest BCUT2D eigenvalue weighted by molar-refractivity contribution is 7.71. The molecular formula is C13H18N6S. The average molecular weight is 290 g/mol. The molecule has 0 aliphatic rings. The number of fused-ring (bicyclic) bond motifs is 1. The molecule has 0 aromatic carbocycles. The molecule has 0 aliphatic heterocycles. The van der Waals surface area contributed by atoms with Crippen LogP contribution in [0.2, 0.25) is 0 Å². The van der Waals surface area contributed by atoms with Crippen LogP contribution < -0.4 is 0 Å². The van der Waals surface area contributed by atoms with Crippen molar-refractivity contribution in [1.82, 2.24) is 29.1 Å². The number of aryl methyl sites for hydroxylation is 5.